The standard InChI is InChI=1S/C16H18N2O/c1-11(13-6-4-3-5-7-13)18-14-8-9-16(17)15(10-14)12(2)19/h3-11,18H,17H2,1-2H3. The van der Waals surface area contributed by atoms with Crippen molar-refractivity contribution in [2.75, 3.05) is 11.1 Å². The minimum absolute atomic E-state index is 0.0199. The first-order chi connectivity index (χ1) is 9.08. The number of carbonyl (C=O) groups is 1. The van der Waals surface area contributed by atoms with Gasteiger partial charge in [-0.2, -0.15) is 0 Å². The zero-order valence-electron chi connectivity index (χ0n) is 11.2. The van der Waals surface area contributed by atoms with Crippen LogP contribution in [0, 0.1) is 0 Å². The van der Waals surface area contributed by atoms with Crippen molar-refractivity contribution >= 4 is 17.2 Å². The highest BCUT2D eigenvalue weighted by molar-refractivity contribution is 6.00. The number of hydrogen-bond acceptors (Lipinski definition) is 3. The summed E-state index contributed by atoms with van der Waals surface area (Å²) < 4.78 is 0. The van der Waals surface area contributed by atoms with Crippen molar-refractivity contribution in [2.45, 2.75) is 19.9 Å². The van der Waals surface area contributed by atoms with E-state index < -0.39 is 0 Å². The quantitative estimate of drug-likeness (QED) is 0.647. The van der Waals surface area contributed by atoms with Crippen molar-refractivity contribution in [3.63, 3.8) is 0 Å². The summed E-state index contributed by atoms with van der Waals surface area (Å²) in [4.78, 5) is 11.5. The van der Waals surface area contributed by atoms with E-state index in [1.165, 1.54) is 12.5 Å². The number of nitrogens with one attached hydrogen (secondary N) is 1. The van der Waals surface area contributed by atoms with Gasteiger partial charge in [0.15, 0.2) is 5.78 Å². The molecule has 2 aromatic carbocycles. The summed E-state index contributed by atoms with van der Waals surface area (Å²) in [7, 11) is 0. The second-order valence-electron chi connectivity index (χ2n) is 4.63. The zero-order chi connectivity index (χ0) is 13.8. The van der Waals surface area contributed by atoms with E-state index in [2.05, 4.69) is 24.4 Å². The molecule has 0 fully saturated rings. The van der Waals surface area contributed by atoms with Crippen LogP contribution in [0.4, 0.5) is 11.4 Å². The molecule has 1 unspecified atom stereocenters. The number of carbonyl (C=O) groups excluding carboxylic acids is 1. The van der Waals surface area contributed by atoms with Gasteiger partial charge in [-0.25, -0.2) is 0 Å². The van der Waals surface area contributed by atoms with Gasteiger partial charge >= 0.3 is 0 Å². The summed E-state index contributed by atoms with van der Waals surface area (Å²) in [5.74, 6) is -0.0199. The summed E-state index contributed by atoms with van der Waals surface area (Å²) in [6, 6.07) is 15.8. The lowest BCUT2D eigenvalue weighted by Crippen LogP contribution is -2.08. The molecule has 0 aliphatic heterocycles. The highest BCUT2D eigenvalue weighted by atomic mass is 16.1. The normalized spacial score (nSPS) is 11.9. The van der Waals surface area contributed by atoms with Crippen molar-refractivity contribution in [3.05, 3.63) is 59.7 Å². The zero-order valence-corrected chi connectivity index (χ0v) is 11.2. The van der Waals surface area contributed by atoms with Crippen molar-refractivity contribution in [2.24, 2.45) is 0 Å². The molecule has 0 amide bonds. The molecule has 2 rings (SSSR count). The van der Waals surface area contributed by atoms with Gasteiger partial charge in [0.2, 0.25) is 0 Å². The van der Waals surface area contributed by atoms with E-state index in [-0.39, 0.29) is 11.8 Å². The lowest BCUT2D eigenvalue weighted by Gasteiger charge is -2.16. The molecule has 0 bridgehead atoms. The molecule has 0 aliphatic rings. The van der Waals surface area contributed by atoms with Crippen LogP contribution in [0.3, 0.4) is 0 Å². The minimum Gasteiger partial charge on any atom is -0.398 e. The highest BCUT2D eigenvalue weighted by Crippen LogP contribution is 2.23. The van der Waals surface area contributed by atoms with Gasteiger partial charge in [0.05, 0.1) is 0 Å². The van der Waals surface area contributed by atoms with E-state index in [1.54, 1.807) is 12.1 Å². The third-order valence-electron chi connectivity index (χ3n) is 3.12. The van der Waals surface area contributed by atoms with E-state index in [9.17, 15) is 4.79 Å². The number of nitrogen functional groups attached to an aromatic ring is 1. The topological polar surface area (TPSA) is 55.1 Å². The molecule has 0 aromatic heterocycles. The fourth-order valence-corrected chi connectivity index (χ4v) is 2.03. The molecule has 0 aliphatic carbocycles. The number of hydrogen-bond donors (Lipinski definition) is 2. The van der Waals surface area contributed by atoms with Crippen LogP contribution in [0.5, 0.6) is 0 Å². The molecule has 0 saturated heterocycles. The number of benzene rings is 2. The maximum atomic E-state index is 11.5. The molecule has 3 N–H and O–H groups in total. The molecule has 19 heavy (non-hydrogen) atoms. The second kappa shape index (κ2) is 5.57. The average molecular weight is 254 g/mol. The number of nitrogens with two attached hydrogens (primary N) is 1. The molecular weight excluding hydrogens is 236 g/mol. The maximum Gasteiger partial charge on any atom is 0.161 e. The predicted molar refractivity (Wildman–Crippen MR) is 79.3 cm³/mol. The molecule has 1 atom stereocenters. The van der Waals surface area contributed by atoms with Crippen molar-refractivity contribution < 1.29 is 4.79 Å². The number of anilines is 2. The Balaban J connectivity index is 2.20. The Morgan fingerprint density at radius 2 is 1.84 bits per heavy atom. The number of rotatable bonds is 4. The van der Waals surface area contributed by atoms with Crippen LogP contribution in [-0.4, -0.2) is 5.78 Å². The highest BCUT2D eigenvalue weighted by Gasteiger charge is 2.08. The molecular formula is C16H18N2O. The Bertz CT molecular complexity index is 579. The summed E-state index contributed by atoms with van der Waals surface area (Å²) >= 11 is 0. The van der Waals surface area contributed by atoms with Gasteiger partial charge in [0, 0.05) is 23.0 Å². The van der Waals surface area contributed by atoms with Crippen LogP contribution >= 0.6 is 0 Å². The van der Waals surface area contributed by atoms with E-state index in [0.717, 1.165) is 5.69 Å². The maximum absolute atomic E-state index is 11.5. The van der Waals surface area contributed by atoms with Crippen molar-refractivity contribution in [1.29, 1.82) is 0 Å². The first-order valence-electron chi connectivity index (χ1n) is 6.30. The Labute approximate surface area is 113 Å². The first kappa shape index (κ1) is 13.1. The van der Waals surface area contributed by atoms with Gasteiger partial charge in [-0.1, -0.05) is 30.3 Å². The summed E-state index contributed by atoms with van der Waals surface area (Å²) in [5, 5.41) is 3.37. The van der Waals surface area contributed by atoms with Crippen LogP contribution in [0.2, 0.25) is 0 Å². The fourth-order valence-electron chi connectivity index (χ4n) is 2.03. The fraction of sp³-hybridized carbons (Fsp3) is 0.188. The van der Waals surface area contributed by atoms with E-state index in [1.807, 2.05) is 24.3 Å². The third-order valence-corrected chi connectivity index (χ3v) is 3.12. The molecule has 2 aromatic rings. The molecule has 98 valence electrons. The third kappa shape index (κ3) is 3.13. The molecule has 3 heteroatoms. The molecule has 0 radical (unpaired) electrons. The van der Waals surface area contributed by atoms with Gasteiger partial charge in [0.25, 0.3) is 0 Å². The monoisotopic (exact) mass is 254 g/mol. The van der Waals surface area contributed by atoms with E-state index in [4.69, 9.17) is 5.73 Å². The van der Waals surface area contributed by atoms with Crippen LogP contribution in [-0.2, 0) is 0 Å². The van der Waals surface area contributed by atoms with E-state index >= 15 is 0 Å². The van der Waals surface area contributed by atoms with E-state index in [0.29, 0.717) is 11.3 Å². The molecule has 0 heterocycles. The summed E-state index contributed by atoms with van der Waals surface area (Å²) in [6.45, 7) is 3.61. The van der Waals surface area contributed by atoms with Gasteiger partial charge < -0.3 is 11.1 Å². The predicted octanol–water partition coefficient (Wildman–Crippen LogP) is 3.64. The van der Waals surface area contributed by atoms with Gasteiger partial charge in [-0.3, -0.25) is 4.79 Å². The Morgan fingerprint density at radius 3 is 2.47 bits per heavy atom. The van der Waals surface area contributed by atoms with Crippen LogP contribution in [0.1, 0.15) is 35.8 Å². The lowest BCUT2D eigenvalue weighted by atomic mass is 10.1. The molecule has 0 saturated carbocycles. The van der Waals surface area contributed by atoms with Crippen LogP contribution in [0.15, 0.2) is 48.5 Å². The summed E-state index contributed by atoms with van der Waals surface area (Å²) in [6.07, 6.45) is 0. The second-order valence-corrected chi connectivity index (χ2v) is 4.63. The molecule has 3 nitrogen and oxygen atoms in total. The number of ketones is 1. The smallest absolute Gasteiger partial charge is 0.161 e. The minimum atomic E-state index is -0.0199. The van der Waals surface area contributed by atoms with Crippen LogP contribution in [0.25, 0.3) is 0 Å². The van der Waals surface area contributed by atoms with Crippen molar-refractivity contribution in [3.8, 4) is 0 Å². The Kier molecular flexibility index (Phi) is 3.85. The lowest BCUT2D eigenvalue weighted by molar-refractivity contribution is 0.101. The molecule has 0 spiro atoms. The van der Waals surface area contributed by atoms with Gasteiger partial charge in [0.1, 0.15) is 0 Å². The Hall–Kier alpha value is -2.29. The van der Waals surface area contributed by atoms with Crippen LogP contribution < -0.4 is 11.1 Å². The van der Waals surface area contributed by atoms with Crippen molar-refractivity contribution in [1.82, 2.24) is 0 Å². The summed E-state index contributed by atoms with van der Waals surface area (Å²) in [5.41, 5.74) is 8.96. The SMILES string of the molecule is CC(=O)c1cc(NC(C)c2ccccc2)ccc1N. The Morgan fingerprint density at radius 1 is 1.16 bits per heavy atom. The van der Waals surface area contributed by atoms with Gasteiger partial charge in [-0.15, -0.1) is 0 Å². The number of Topliss-reactive ketones (excluding diaryl/α,β-unsaturated/α-hetero) is 1. The van der Waals surface area contributed by atoms with Gasteiger partial charge in [-0.05, 0) is 37.6 Å². The average Bonchev–Trinajstić information content (AvgIpc) is 2.41. The largest absolute Gasteiger partial charge is 0.398 e. The first-order valence-corrected chi connectivity index (χ1v) is 6.30.